The van der Waals surface area contributed by atoms with Gasteiger partial charge >= 0.3 is 0 Å². The van der Waals surface area contributed by atoms with Crippen molar-refractivity contribution in [2.75, 3.05) is 30.4 Å². The molecule has 17 heavy (non-hydrogen) atoms. The van der Waals surface area contributed by atoms with Gasteiger partial charge in [-0.3, -0.25) is 0 Å². The summed E-state index contributed by atoms with van der Waals surface area (Å²) in [4.78, 5) is 11.0. The van der Waals surface area contributed by atoms with Crippen molar-refractivity contribution in [1.82, 2.24) is 9.97 Å². The molecule has 0 bridgehead atoms. The van der Waals surface area contributed by atoms with Crippen LogP contribution >= 0.6 is 0 Å². The molecule has 1 aromatic rings. The minimum atomic E-state index is 0.716. The van der Waals surface area contributed by atoms with Crippen LogP contribution in [0.3, 0.4) is 0 Å². The second-order valence-corrected chi connectivity index (χ2v) is 4.79. The second-order valence-electron chi connectivity index (χ2n) is 4.79. The third-order valence-corrected chi connectivity index (χ3v) is 2.62. The summed E-state index contributed by atoms with van der Waals surface area (Å²) in [5.74, 6) is 3.43. The zero-order valence-electron chi connectivity index (χ0n) is 11.6. The van der Waals surface area contributed by atoms with E-state index in [1.165, 1.54) is 6.42 Å². The summed E-state index contributed by atoms with van der Waals surface area (Å²) in [6.45, 7) is 10.4. The summed E-state index contributed by atoms with van der Waals surface area (Å²) >= 11 is 0. The highest BCUT2D eigenvalue weighted by Crippen LogP contribution is 2.15. The van der Waals surface area contributed by atoms with Gasteiger partial charge < -0.3 is 10.2 Å². The first kappa shape index (κ1) is 13.7. The maximum atomic E-state index is 4.47. The fourth-order valence-corrected chi connectivity index (χ4v) is 1.59. The van der Waals surface area contributed by atoms with Crippen LogP contribution in [-0.2, 0) is 0 Å². The van der Waals surface area contributed by atoms with Crippen molar-refractivity contribution in [3.63, 3.8) is 0 Å². The Hall–Kier alpha value is -1.32. The zero-order valence-corrected chi connectivity index (χ0v) is 11.6. The topological polar surface area (TPSA) is 41.0 Å². The molecule has 0 aliphatic heterocycles. The highest BCUT2D eigenvalue weighted by molar-refractivity contribution is 5.48. The van der Waals surface area contributed by atoms with Gasteiger partial charge in [-0.2, -0.15) is 0 Å². The number of hydrogen-bond acceptors (Lipinski definition) is 4. The van der Waals surface area contributed by atoms with Gasteiger partial charge in [0, 0.05) is 26.2 Å². The van der Waals surface area contributed by atoms with Crippen LogP contribution in [0.25, 0.3) is 0 Å². The highest BCUT2D eigenvalue weighted by atomic mass is 15.2. The molecule has 0 atom stereocenters. The van der Waals surface area contributed by atoms with Crippen LogP contribution in [-0.4, -0.2) is 30.1 Å². The summed E-state index contributed by atoms with van der Waals surface area (Å²) in [5, 5.41) is 3.23. The van der Waals surface area contributed by atoms with Crippen LogP contribution < -0.4 is 10.2 Å². The van der Waals surface area contributed by atoms with Crippen molar-refractivity contribution in [2.45, 2.75) is 34.1 Å². The summed E-state index contributed by atoms with van der Waals surface area (Å²) in [5.41, 5.74) is 0. The van der Waals surface area contributed by atoms with Gasteiger partial charge in [-0.15, -0.1) is 0 Å². The van der Waals surface area contributed by atoms with Crippen LogP contribution in [0.1, 0.15) is 33.0 Å². The average molecular weight is 236 g/mol. The van der Waals surface area contributed by atoms with E-state index in [-0.39, 0.29) is 0 Å². The van der Waals surface area contributed by atoms with Gasteiger partial charge in [-0.05, 0) is 26.2 Å². The second kappa shape index (κ2) is 6.42. The standard InChI is InChI=1S/C13H24N4/c1-6-14-12-9-13(16-11(4)15-12)17(5)8-7-10(2)3/h9-10H,6-8H2,1-5H3,(H,14,15,16). The van der Waals surface area contributed by atoms with Crippen molar-refractivity contribution >= 4 is 11.6 Å². The molecule has 4 heteroatoms. The van der Waals surface area contributed by atoms with E-state index < -0.39 is 0 Å². The van der Waals surface area contributed by atoms with Crippen LogP contribution in [0.5, 0.6) is 0 Å². The molecule has 0 spiro atoms. The molecular formula is C13H24N4. The summed E-state index contributed by atoms with van der Waals surface area (Å²) in [6, 6.07) is 2.01. The van der Waals surface area contributed by atoms with E-state index in [0.29, 0.717) is 5.92 Å². The lowest BCUT2D eigenvalue weighted by atomic mass is 10.1. The Morgan fingerprint density at radius 3 is 2.65 bits per heavy atom. The fraction of sp³-hybridized carbons (Fsp3) is 0.692. The van der Waals surface area contributed by atoms with Crippen molar-refractivity contribution in [2.24, 2.45) is 5.92 Å². The largest absolute Gasteiger partial charge is 0.370 e. The summed E-state index contributed by atoms with van der Waals surface area (Å²) in [7, 11) is 2.08. The van der Waals surface area contributed by atoms with Crippen molar-refractivity contribution in [3.05, 3.63) is 11.9 Å². The Labute approximate surface area is 104 Å². The zero-order chi connectivity index (χ0) is 12.8. The maximum absolute atomic E-state index is 4.47. The Morgan fingerprint density at radius 2 is 2.06 bits per heavy atom. The van der Waals surface area contributed by atoms with Gasteiger partial charge in [-0.25, -0.2) is 9.97 Å². The molecule has 0 amide bonds. The number of rotatable bonds is 6. The lowest BCUT2D eigenvalue weighted by molar-refractivity contribution is 0.583. The van der Waals surface area contributed by atoms with Gasteiger partial charge in [0.25, 0.3) is 0 Å². The smallest absolute Gasteiger partial charge is 0.134 e. The summed E-state index contributed by atoms with van der Waals surface area (Å²) < 4.78 is 0. The van der Waals surface area contributed by atoms with Crippen LogP contribution in [0, 0.1) is 12.8 Å². The van der Waals surface area contributed by atoms with Gasteiger partial charge in [0.15, 0.2) is 0 Å². The SMILES string of the molecule is CCNc1cc(N(C)CCC(C)C)nc(C)n1. The van der Waals surface area contributed by atoms with Gasteiger partial charge in [-0.1, -0.05) is 13.8 Å². The first-order valence-corrected chi connectivity index (χ1v) is 6.33. The normalized spacial score (nSPS) is 10.7. The molecule has 0 saturated carbocycles. The molecular weight excluding hydrogens is 212 g/mol. The van der Waals surface area contributed by atoms with E-state index in [0.717, 1.165) is 30.5 Å². The number of aromatic nitrogens is 2. The monoisotopic (exact) mass is 236 g/mol. The quantitative estimate of drug-likeness (QED) is 0.824. The maximum Gasteiger partial charge on any atom is 0.134 e. The molecule has 0 unspecified atom stereocenters. The van der Waals surface area contributed by atoms with E-state index in [4.69, 9.17) is 0 Å². The molecule has 1 N–H and O–H groups in total. The molecule has 1 heterocycles. The first-order chi connectivity index (χ1) is 8.02. The molecule has 96 valence electrons. The van der Waals surface area contributed by atoms with Crippen LogP contribution in [0.2, 0.25) is 0 Å². The van der Waals surface area contributed by atoms with E-state index in [1.807, 2.05) is 13.0 Å². The molecule has 0 aliphatic rings. The molecule has 1 rings (SSSR count). The lowest BCUT2D eigenvalue weighted by Gasteiger charge is -2.20. The predicted molar refractivity (Wildman–Crippen MR) is 73.7 cm³/mol. The van der Waals surface area contributed by atoms with Crippen molar-refractivity contribution in [3.8, 4) is 0 Å². The van der Waals surface area contributed by atoms with Crippen molar-refractivity contribution in [1.29, 1.82) is 0 Å². The number of anilines is 2. The minimum absolute atomic E-state index is 0.716. The molecule has 0 radical (unpaired) electrons. The van der Waals surface area contributed by atoms with Crippen molar-refractivity contribution < 1.29 is 0 Å². The number of nitrogens with one attached hydrogen (secondary N) is 1. The number of hydrogen-bond donors (Lipinski definition) is 1. The number of aryl methyl sites for hydroxylation is 1. The Bertz CT molecular complexity index is 349. The van der Waals surface area contributed by atoms with Gasteiger partial charge in [0.1, 0.15) is 17.5 Å². The molecule has 0 aromatic carbocycles. The van der Waals surface area contributed by atoms with Crippen LogP contribution in [0.4, 0.5) is 11.6 Å². The third-order valence-electron chi connectivity index (χ3n) is 2.62. The molecule has 0 fully saturated rings. The Morgan fingerprint density at radius 1 is 1.35 bits per heavy atom. The van der Waals surface area contributed by atoms with E-state index >= 15 is 0 Å². The summed E-state index contributed by atoms with van der Waals surface area (Å²) in [6.07, 6.45) is 1.18. The number of nitrogens with zero attached hydrogens (tertiary/aromatic N) is 3. The fourth-order valence-electron chi connectivity index (χ4n) is 1.59. The lowest BCUT2D eigenvalue weighted by Crippen LogP contribution is -2.21. The van der Waals surface area contributed by atoms with Gasteiger partial charge in [0.2, 0.25) is 0 Å². The Balaban J connectivity index is 2.74. The van der Waals surface area contributed by atoms with E-state index in [9.17, 15) is 0 Å². The predicted octanol–water partition coefficient (Wildman–Crippen LogP) is 2.70. The minimum Gasteiger partial charge on any atom is -0.370 e. The third kappa shape index (κ3) is 4.59. The molecule has 4 nitrogen and oxygen atoms in total. The van der Waals surface area contributed by atoms with Gasteiger partial charge in [0.05, 0.1) is 0 Å². The molecule has 1 aromatic heterocycles. The average Bonchev–Trinajstić information content (AvgIpc) is 2.25. The Kier molecular flexibility index (Phi) is 5.19. The van der Waals surface area contributed by atoms with E-state index in [2.05, 4.69) is 48.0 Å². The molecule has 0 saturated heterocycles. The highest BCUT2D eigenvalue weighted by Gasteiger charge is 2.06. The first-order valence-electron chi connectivity index (χ1n) is 6.33. The molecule has 0 aliphatic carbocycles. The van der Waals surface area contributed by atoms with E-state index in [1.54, 1.807) is 0 Å². The van der Waals surface area contributed by atoms with Crippen LogP contribution in [0.15, 0.2) is 6.07 Å².